The van der Waals surface area contributed by atoms with Crippen LogP contribution in [0.3, 0.4) is 0 Å². The first-order chi connectivity index (χ1) is 13.7. The van der Waals surface area contributed by atoms with E-state index >= 15 is 0 Å². The number of hydrogen-bond acceptors (Lipinski definition) is 2. The van der Waals surface area contributed by atoms with Gasteiger partial charge in [-0.05, 0) is 75.0 Å². The first-order valence-electron chi connectivity index (χ1n) is 12.3. The molecule has 0 unspecified atom stereocenters. The van der Waals surface area contributed by atoms with Crippen LogP contribution in [0.2, 0.25) is 0 Å². The fourth-order valence-corrected chi connectivity index (χ4v) is 6.77. The number of unbranched alkanes of at least 4 members (excludes halogenated alkanes) is 5. The molecule has 4 aliphatic carbocycles. The van der Waals surface area contributed by atoms with Crippen LogP contribution in [0, 0.1) is 35.5 Å². The van der Waals surface area contributed by atoms with Gasteiger partial charge in [-0.15, -0.1) is 0 Å². The summed E-state index contributed by atoms with van der Waals surface area (Å²) in [6, 6.07) is 0. The van der Waals surface area contributed by atoms with Gasteiger partial charge in [-0.3, -0.25) is 9.59 Å². The van der Waals surface area contributed by atoms with Crippen molar-refractivity contribution in [2.24, 2.45) is 35.5 Å². The van der Waals surface area contributed by atoms with Gasteiger partial charge in [0.25, 0.3) is 0 Å². The number of rotatable bonds is 11. The van der Waals surface area contributed by atoms with Crippen LogP contribution >= 0.6 is 0 Å². The van der Waals surface area contributed by atoms with Gasteiger partial charge in [0, 0.05) is 24.9 Å². The smallest absolute Gasteiger partial charge is 0.223 e. The molecule has 0 heterocycles. The zero-order valence-corrected chi connectivity index (χ0v) is 17.6. The minimum Gasteiger partial charge on any atom is -0.356 e. The summed E-state index contributed by atoms with van der Waals surface area (Å²) in [4.78, 5) is 24.6. The van der Waals surface area contributed by atoms with Gasteiger partial charge in [0.2, 0.25) is 11.8 Å². The summed E-state index contributed by atoms with van der Waals surface area (Å²) in [6.45, 7) is 1.71. The summed E-state index contributed by atoms with van der Waals surface area (Å²) < 4.78 is 0. The van der Waals surface area contributed by atoms with Crippen LogP contribution < -0.4 is 10.6 Å². The van der Waals surface area contributed by atoms with Crippen LogP contribution in [0.1, 0.15) is 89.9 Å². The number of carbonyl (C=O) groups excluding carboxylic acids is 2. The van der Waals surface area contributed by atoms with Gasteiger partial charge in [0.1, 0.15) is 0 Å². The molecule has 0 aliphatic heterocycles. The Morgan fingerprint density at radius 3 is 1.36 bits per heavy atom. The highest BCUT2D eigenvalue weighted by atomic mass is 16.2. The Bertz CT molecular complexity index is 501. The molecule has 2 N–H and O–H groups in total. The zero-order valence-electron chi connectivity index (χ0n) is 17.6. The molecule has 28 heavy (non-hydrogen) atoms. The Morgan fingerprint density at radius 2 is 1.00 bits per heavy atom. The van der Waals surface area contributed by atoms with Gasteiger partial charge in [-0.2, -0.15) is 0 Å². The third-order valence-electron chi connectivity index (χ3n) is 8.35. The molecule has 0 saturated heterocycles. The maximum atomic E-state index is 12.3. The molecule has 6 atom stereocenters. The third kappa shape index (κ3) is 4.91. The average Bonchev–Trinajstić information content (AvgIpc) is 3.49. The summed E-state index contributed by atoms with van der Waals surface area (Å²) in [6.07, 6.45) is 17.3. The minimum atomic E-state index is 0.327. The highest BCUT2D eigenvalue weighted by molar-refractivity contribution is 5.79. The molecule has 4 fully saturated rings. The van der Waals surface area contributed by atoms with Crippen molar-refractivity contribution in [1.29, 1.82) is 0 Å². The fourth-order valence-electron chi connectivity index (χ4n) is 6.77. The van der Waals surface area contributed by atoms with Crippen molar-refractivity contribution in [1.82, 2.24) is 10.6 Å². The van der Waals surface area contributed by atoms with Crippen LogP contribution in [0.4, 0.5) is 0 Å². The lowest BCUT2D eigenvalue weighted by atomic mass is 9.88. The van der Waals surface area contributed by atoms with Crippen LogP contribution in [0.15, 0.2) is 0 Å². The van der Waals surface area contributed by atoms with Gasteiger partial charge < -0.3 is 10.6 Å². The second-order valence-corrected chi connectivity index (χ2v) is 10.3. The maximum absolute atomic E-state index is 12.3. The van der Waals surface area contributed by atoms with Crippen LogP contribution in [-0.4, -0.2) is 24.9 Å². The Hall–Kier alpha value is -1.06. The normalized spacial score (nSPS) is 35.4. The lowest BCUT2D eigenvalue weighted by molar-refractivity contribution is -0.127. The van der Waals surface area contributed by atoms with E-state index in [4.69, 9.17) is 0 Å². The predicted molar refractivity (Wildman–Crippen MR) is 112 cm³/mol. The Kier molecular flexibility index (Phi) is 6.95. The highest BCUT2D eigenvalue weighted by Crippen LogP contribution is 2.49. The molecule has 0 aromatic rings. The molecule has 0 aromatic carbocycles. The molecular formula is C24H40N2O2. The average molecular weight is 389 g/mol. The number of hydrogen-bond donors (Lipinski definition) is 2. The summed E-state index contributed by atoms with van der Waals surface area (Å²) in [7, 11) is 0. The van der Waals surface area contributed by atoms with Crippen LogP contribution in [-0.2, 0) is 9.59 Å². The van der Waals surface area contributed by atoms with E-state index in [-0.39, 0.29) is 0 Å². The van der Waals surface area contributed by atoms with Crippen molar-refractivity contribution in [3.8, 4) is 0 Å². The minimum absolute atomic E-state index is 0.327. The van der Waals surface area contributed by atoms with E-state index < -0.39 is 0 Å². The van der Waals surface area contributed by atoms with E-state index in [0.29, 0.717) is 35.5 Å². The standard InChI is InChI=1S/C24H40N2O2/c27-23(21-15-17-7-9-19(21)13-17)25-11-5-3-1-2-4-6-12-26-24(28)22-16-18-8-10-20(22)14-18/h17-22H,1-16H2,(H,25,27)(H,26,28)/t17-,18-,19-,20-,21-,22-/m0/s1. The predicted octanol–water partition coefficient (Wildman–Crippen LogP) is 4.43. The maximum Gasteiger partial charge on any atom is 0.223 e. The molecule has 4 saturated carbocycles. The Balaban J connectivity index is 0.946. The van der Waals surface area contributed by atoms with E-state index in [2.05, 4.69) is 10.6 Å². The van der Waals surface area contributed by atoms with Crippen molar-refractivity contribution in [2.75, 3.05) is 13.1 Å². The first kappa shape index (κ1) is 20.2. The molecule has 4 nitrogen and oxygen atoms in total. The zero-order chi connectivity index (χ0) is 19.3. The van der Waals surface area contributed by atoms with Gasteiger partial charge in [-0.25, -0.2) is 0 Å². The Labute approximate surface area is 171 Å². The van der Waals surface area contributed by atoms with Crippen molar-refractivity contribution >= 4 is 11.8 Å². The van der Waals surface area contributed by atoms with E-state index in [1.165, 1.54) is 64.2 Å². The van der Waals surface area contributed by atoms with Crippen molar-refractivity contribution in [3.05, 3.63) is 0 Å². The second kappa shape index (κ2) is 9.63. The molecule has 0 spiro atoms. The van der Waals surface area contributed by atoms with Gasteiger partial charge in [0.05, 0.1) is 0 Å². The van der Waals surface area contributed by atoms with Gasteiger partial charge >= 0.3 is 0 Å². The van der Waals surface area contributed by atoms with Gasteiger partial charge in [0.15, 0.2) is 0 Å². The number of carbonyl (C=O) groups is 2. The van der Waals surface area contributed by atoms with Crippen LogP contribution in [0.25, 0.3) is 0 Å². The van der Waals surface area contributed by atoms with E-state index in [9.17, 15) is 9.59 Å². The van der Waals surface area contributed by atoms with E-state index in [0.717, 1.165) is 50.6 Å². The third-order valence-corrected chi connectivity index (χ3v) is 8.35. The SMILES string of the molecule is O=C(NCCCCCCCCNC(=O)[C@H]1C[C@H]2CC[C@H]1C2)[C@H]1C[C@H]2CC[C@H]1C2. The van der Waals surface area contributed by atoms with Gasteiger partial charge in [-0.1, -0.05) is 38.5 Å². The van der Waals surface area contributed by atoms with Crippen molar-refractivity contribution < 1.29 is 9.59 Å². The monoisotopic (exact) mass is 388 g/mol. The quantitative estimate of drug-likeness (QED) is 0.514. The van der Waals surface area contributed by atoms with E-state index in [1.54, 1.807) is 0 Å². The molecule has 158 valence electrons. The molecular weight excluding hydrogens is 348 g/mol. The summed E-state index contributed by atoms with van der Waals surface area (Å²) in [5.74, 6) is 4.39. The number of amides is 2. The molecule has 0 radical (unpaired) electrons. The molecule has 0 aromatic heterocycles. The summed E-state index contributed by atoms with van der Waals surface area (Å²) in [5, 5.41) is 6.37. The second-order valence-electron chi connectivity index (χ2n) is 10.3. The summed E-state index contributed by atoms with van der Waals surface area (Å²) in [5.41, 5.74) is 0. The summed E-state index contributed by atoms with van der Waals surface area (Å²) >= 11 is 0. The molecule has 4 bridgehead atoms. The first-order valence-corrected chi connectivity index (χ1v) is 12.3. The molecule has 4 aliphatic rings. The largest absolute Gasteiger partial charge is 0.356 e. The lowest BCUT2D eigenvalue weighted by Crippen LogP contribution is -2.34. The topological polar surface area (TPSA) is 58.2 Å². The van der Waals surface area contributed by atoms with Crippen molar-refractivity contribution in [2.45, 2.75) is 89.9 Å². The molecule has 4 heteroatoms. The molecule has 2 amide bonds. The molecule has 4 rings (SSSR count). The Morgan fingerprint density at radius 1 is 0.571 bits per heavy atom. The van der Waals surface area contributed by atoms with E-state index in [1.807, 2.05) is 0 Å². The highest BCUT2D eigenvalue weighted by Gasteiger charge is 2.43. The van der Waals surface area contributed by atoms with Crippen molar-refractivity contribution in [3.63, 3.8) is 0 Å². The van der Waals surface area contributed by atoms with Crippen LogP contribution in [0.5, 0.6) is 0 Å². The fraction of sp³-hybridized carbons (Fsp3) is 0.917. The number of nitrogens with one attached hydrogen (secondary N) is 2. The lowest BCUT2D eigenvalue weighted by Gasteiger charge is -2.20. The number of fused-ring (bicyclic) bond motifs is 4.